The smallest absolute Gasteiger partial charge is 0.293 e. The van der Waals surface area contributed by atoms with Crippen LogP contribution in [0.25, 0.3) is 11.6 Å². The molecule has 3 rings (SSSR count). The normalized spacial score (nSPS) is 14.7. The molecule has 0 N–H and O–H groups in total. The number of hydrogen-bond acceptors (Lipinski definition) is 5. The minimum atomic E-state index is -0.409. The molecule has 0 saturated carbocycles. The lowest BCUT2D eigenvalue weighted by Gasteiger charge is -2.28. The number of hydrogen-bond donors (Lipinski definition) is 0. The van der Waals surface area contributed by atoms with E-state index in [1.165, 1.54) is 6.07 Å². The second-order valence-corrected chi connectivity index (χ2v) is 6.72. The first-order chi connectivity index (χ1) is 13.0. The highest BCUT2D eigenvalue weighted by Crippen LogP contribution is 2.32. The lowest BCUT2D eigenvalue weighted by molar-refractivity contribution is -0.384. The standard InChI is InChI=1S/C19H15Cl2N3O3/c20-16-3-2-14(11-17(16)21)15(12-22)9-13-1-4-18(19(10-13)24(25)26)23-5-7-27-8-6-23/h1-4,9-11H,5-8H2/b15-9-. The summed E-state index contributed by atoms with van der Waals surface area (Å²) in [6.07, 6.45) is 1.59. The van der Waals surface area contributed by atoms with Gasteiger partial charge >= 0.3 is 0 Å². The van der Waals surface area contributed by atoms with Crippen molar-refractivity contribution in [3.63, 3.8) is 0 Å². The summed E-state index contributed by atoms with van der Waals surface area (Å²) < 4.78 is 5.30. The molecule has 0 bridgehead atoms. The van der Waals surface area contributed by atoms with Crippen LogP contribution in [-0.4, -0.2) is 31.2 Å². The number of nitrogens with zero attached hydrogens (tertiary/aromatic N) is 3. The molecule has 0 amide bonds. The van der Waals surface area contributed by atoms with Gasteiger partial charge < -0.3 is 9.64 Å². The Morgan fingerprint density at radius 2 is 1.93 bits per heavy atom. The lowest BCUT2D eigenvalue weighted by Crippen LogP contribution is -2.36. The zero-order valence-corrected chi connectivity index (χ0v) is 15.7. The van der Waals surface area contributed by atoms with Crippen molar-refractivity contribution in [2.45, 2.75) is 0 Å². The van der Waals surface area contributed by atoms with Crippen molar-refractivity contribution in [2.75, 3.05) is 31.2 Å². The Labute approximate surface area is 166 Å². The summed E-state index contributed by atoms with van der Waals surface area (Å²) in [4.78, 5) is 13.1. The predicted molar refractivity (Wildman–Crippen MR) is 106 cm³/mol. The summed E-state index contributed by atoms with van der Waals surface area (Å²) in [5.74, 6) is 0. The van der Waals surface area contributed by atoms with E-state index in [-0.39, 0.29) is 5.69 Å². The van der Waals surface area contributed by atoms with Gasteiger partial charge in [0.05, 0.1) is 39.8 Å². The summed E-state index contributed by atoms with van der Waals surface area (Å²) >= 11 is 11.9. The Morgan fingerprint density at radius 1 is 1.19 bits per heavy atom. The second-order valence-electron chi connectivity index (χ2n) is 5.90. The van der Waals surface area contributed by atoms with Gasteiger partial charge in [0, 0.05) is 19.2 Å². The number of nitriles is 1. The third-order valence-electron chi connectivity index (χ3n) is 4.21. The summed E-state index contributed by atoms with van der Waals surface area (Å²) in [5.41, 5.74) is 2.03. The van der Waals surface area contributed by atoms with Gasteiger partial charge in [-0.25, -0.2) is 0 Å². The van der Waals surface area contributed by atoms with Crippen molar-refractivity contribution in [2.24, 2.45) is 0 Å². The molecule has 0 unspecified atom stereocenters. The van der Waals surface area contributed by atoms with Gasteiger partial charge in [0.1, 0.15) is 5.69 Å². The first kappa shape index (κ1) is 19.2. The van der Waals surface area contributed by atoms with Crippen molar-refractivity contribution in [3.8, 4) is 6.07 Å². The summed E-state index contributed by atoms with van der Waals surface area (Å²) in [6.45, 7) is 2.27. The third-order valence-corrected chi connectivity index (χ3v) is 4.95. The number of halogens is 2. The molecule has 1 fully saturated rings. The molecule has 0 aliphatic carbocycles. The Morgan fingerprint density at radius 3 is 2.56 bits per heavy atom. The van der Waals surface area contributed by atoms with Gasteiger partial charge in [-0.05, 0) is 35.4 Å². The van der Waals surface area contributed by atoms with E-state index >= 15 is 0 Å². The van der Waals surface area contributed by atoms with E-state index < -0.39 is 4.92 Å². The van der Waals surface area contributed by atoms with Gasteiger partial charge in [0.25, 0.3) is 5.69 Å². The van der Waals surface area contributed by atoms with Crippen molar-refractivity contribution < 1.29 is 9.66 Å². The summed E-state index contributed by atoms with van der Waals surface area (Å²) in [6, 6.07) is 11.9. The number of anilines is 1. The highest BCUT2D eigenvalue weighted by Gasteiger charge is 2.21. The average Bonchev–Trinajstić information content (AvgIpc) is 2.69. The molecule has 1 aliphatic rings. The quantitative estimate of drug-likeness (QED) is 0.317. The highest BCUT2D eigenvalue weighted by atomic mass is 35.5. The number of benzene rings is 2. The van der Waals surface area contributed by atoms with Crippen LogP contribution < -0.4 is 4.90 Å². The van der Waals surface area contributed by atoms with Crippen LogP contribution in [0, 0.1) is 21.4 Å². The van der Waals surface area contributed by atoms with E-state index in [2.05, 4.69) is 6.07 Å². The maximum atomic E-state index is 11.6. The van der Waals surface area contributed by atoms with Gasteiger partial charge in [0.2, 0.25) is 0 Å². The molecule has 27 heavy (non-hydrogen) atoms. The number of nitro benzene ring substituents is 1. The second kappa shape index (κ2) is 8.40. The van der Waals surface area contributed by atoms with Crippen LogP contribution >= 0.6 is 23.2 Å². The van der Waals surface area contributed by atoms with E-state index in [1.807, 2.05) is 4.90 Å². The van der Waals surface area contributed by atoms with E-state index in [0.29, 0.717) is 58.7 Å². The molecule has 2 aromatic carbocycles. The lowest BCUT2D eigenvalue weighted by atomic mass is 10.0. The number of allylic oxidation sites excluding steroid dienone is 1. The molecule has 1 saturated heterocycles. The molecular formula is C19H15Cl2N3O3. The molecule has 138 valence electrons. The van der Waals surface area contributed by atoms with Gasteiger partial charge in [-0.1, -0.05) is 35.3 Å². The number of ether oxygens (including phenoxy) is 1. The molecular weight excluding hydrogens is 389 g/mol. The Kier molecular flexibility index (Phi) is 5.97. The zero-order valence-electron chi connectivity index (χ0n) is 14.2. The summed E-state index contributed by atoms with van der Waals surface area (Å²) in [5, 5.41) is 21.8. The molecule has 2 aromatic rings. The van der Waals surface area contributed by atoms with Crippen molar-refractivity contribution in [1.82, 2.24) is 0 Å². The van der Waals surface area contributed by atoms with E-state index in [9.17, 15) is 15.4 Å². The van der Waals surface area contributed by atoms with Crippen LogP contribution in [0.3, 0.4) is 0 Å². The first-order valence-corrected chi connectivity index (χ1v) is 8.93. The SMILES string of the molecule is N#C/C(=C/c1ccc(N2CCOCC2)c([N+](=O)[O-])c1)c1ccc(Cl)c(Cl)c1. The zero-order chi connectivity index (χ0) is 19.4. The predicted octanol–water partition coefficient (Wildman–Crippen LogP) is 4.80. The third kappa shape index (κ3) is 4.40. The summed E-state index contributed by atoms with van der Waals surface area (Å²) in [7, 11) is 0. The first-order valence-electron chi connectivity index (χ1n) is 8.18. The Bertz CT molecular complexity index is 948. The van der Waals surface area contributed by atoms with E-state index in [1.54, 1.807) is 36.4 Å². The van der Waals surface area contributed by atoms with E-state index in [0.717, 1.165) is 0 Å². The minimum Gasteiger partial charge on any atom is -0.378 e. The van der Waals surface area contributed by atoms with Crippen molar-refractivity contribution in [3.05, 3.63) is 67.7 Å². The Balaban J connectivity index is 1.99. The van der Waals surface area contributed by atoms with Gasteiger partial charge in [-0.15, -0.1) is 0 Å². The monoisotopic (exact) mass is 403 g/mol. The minimum absolute atomic E-state index is 0.00271. The van der Waals surface area contributed by atoms with Crippen molar-refractivity contribution in [1.29, 1.82) is 5.26 Å². The molecule has 1 heterocycles. The fourth-order valence-corrected chi connectivity index (χ4v) is 3.16. The maximum absolute atomic E-state index is 11.6. The fourth-order valence-electron chi connectivity index (χ4n) is 2.86. The van der Waals surface area contributed by atoms with Gasteiger partial charge in [-0.3, -0.25) is 10.1 Å². The fraction of sp³-hybridized carbons (Fsp3) is 0.211. The number of nitro groups is 1. The molecule has 1 aliphatic heterocycles. The average molecular weight is 404 g/mol. The van der Waals surface area contributed by atoms with Crippen LogP contribution in [0.15, 0.2) is 36.4 Å². The van der Waals surface area contributed by atoms with E-state index in [4.69, 9.17) is 27.9 Å². The molecule has 0 radical (unpaired) electrons. The number of morpholine rings is 1. The topological polar surface area (TPSA) is 79.4 Å². The molecule has 0 atom stereocenters. The largest absolute Gasteiger partial charge is 0.378 e. The molecule has 0 aromatic heterocycles. The van der Waals surface area contributed by atoms with Crippen LogP contribution in [0.4, 0.5) is 11.4 Å². The van der Waals surface area contributed by atoms with Gasteiger partial charge in [0.15, 0.2) is 0 Å². The molecule has 6 nitrogen and oxygen atoms in total. The van der Waals surface area contributed by atoms with Gasteiger partial charge in [-0.2, -0.15) is 5.26 Å². The molecule has 8 heteroatoms. The van der Waals surface area contributed by atoms with Crippen LogP contribution in [0.5, 0.6) is 0 Å². The van der Waals surface area contributed by atoms with Crippen LogP contribution in [-0.2, 0) is 4.74 Å². The van der Waals surface area contributed by atoms with Crippen LogP contribution in [0.2, 0.25) is 10.0 Å². The maximum Gasteiger partial charge on any atom is 0.293 e. The molecule has 0 spiro atoms. The van der Waals surface area contributed by atoms with Crippen molar-refractivity contribution >= 4 is 46.2 Å². The number of rotatable bonds is 4. The Hall–Kier alpha value is -2.59. The highest BCUT2D eigenvalue weighted by molar-refractivity contribution is 6.42. The van der Waals surface area contributed by atoms with Crippen LogP contribution in [0.1, 0.15) is 11.1 Å².